The van der Waals surface area contributed by atoms with Gasteiger partial charge < -0.3 is 10.1 Å². The summed E-state index contributed by atoms with van der Waals surface area (Å²) < 4.78 is 5.66. The minimum Gasteiger partial charge on any atom is -0.487 e. The molecule has 1 atom stereocenters. The van der Waals surface area contributed by atoms with E-state index >= 15 is 0 Å². The molecule has 30 heavy (non-hydrogen) atoms. The molecule has 0 unspecified atom stereocenters. The number of nitriles is 1. The van der Waals surface area contributed by atoms with Crippen LogP contribution in [0.2, 0.25) is 0 Å². The van der Waals surface area contributed by atoms with Crippen LogP contribution in [-0.2, 0) is 11.2 Å². The molecular weight excluding hydrogens is 402 g/mol. The number of rotatable bonds is 4. The Morgan fingerprint density at radius 2 is 2.23 bits per heavy atom. The highest BCUT2D eigenvalue weighted by Crippen LogP contribution is 2.27. The van der Waals surface area contributed by atoms with Crippen LogP contribution >= 0.6 is 11.3 Å². The summed E-state index contributed by atoms with van der Waals surface area (Å²) in [6.07, 6.45) is 3.78. The highest BCUT2D eigenvalue weighted by Gasteiger charge is 2.31. The fourth-order valence-electron chi connectivity index (χ4n) is 3.10. The topological polar surface area (TPSA) is 108 Å². The van der Waals surface area contributed by atoms with E-state index in [2.05, 4.69) is 21.4 Å². The molecule has 2 aromatic heterocycles. The third-order valence-electron chi connectivity index (χ3n) is 4.59. The molecule has 0 bridgehead atoms. The number of hydrogen-bond acceptors (Lipinski definition) is 7. The summed E-state index contributed by atoms with van der Waals surface area (Å²) in [5.74, 6) is 0.147. The zero-order valence-electron chi connectivity index (χ0n) is 16.0. The number of likely N-dealkylation sites (N-methyl/N-ethyl adjacent to an activating group) is 1. The van der Waals surface area contributed by atoms with Gasteiger partial charge in [-0.05, 0) is 29.8 Å². The number of anilines is 1. The van der Waals surface area contributed by atoms with Gasteiger partial charge in [0, 0.05) is 30.7 Å². The maximum absolute atomic E-state index is 12.7. The quantitative estimate of drug-likeness (QED) is 0.694. The van der Waals surface area contributed by atoms with E-state index in [-0.39, 0.29) is 17.5 Å². The highest BCUT2D eigenvalue weighted by molar-refractivity contribution is 7.13. The average Bonchev–Trinajstić information content (AvgIpc) is 3.20. The molecule has 4 rings (SSSR count). The number of nitrogens with one attached hydrogen (secondary N) is 1. The molecule has 3 heterocycles. The van der Waals surface area contributed by atoms with Crippen molar-refractivity contribution in [3.8, 4) is 11.8 Å². The van der Waals surface area contributed by atoms with Crippen molar-refractivity contribution in [1.29, 1.82) is 5.26 Å². The van der Waals surface area contributed by atoms with Crippen LogP contribution in [0.3, 0.4) is 0 Å². The molecular formula is C21H17N5O3S. The van der Waals surface area contributed by atoms with E-state index in [1.807, 2.05) is 18.2 Å². The van der Waals surface area contributed by atoms with Crippen molar-refractivity contribution in [2.75, 3.05) is 18.6 Å². The molecule has 0 fully saturated rings. The smallest absolute Gasteiger partial charge is 0.281 e. The molecule has 0 saturated heterocycles. The number of nitrogens with zero attached hydrogens (tertiary/aromatic N) is 4. The minimum atomic E-state index is -0.851. The molecule has 8 nitrogen and oxygen atoms in total. The second-order valence-corrected chi connectivity index (χ2v) is 7.80. The summed E-state index contributed by atoms with van der Waals surface area (Å²) in [6.45, 7) is 0.00674. The van der Waals surface area contributed by atoms with Crippen molar-refractivity contribution in [3.63, 3.8) is 0 Å². The van der Waals surface area contributed by atoms with Gasteiger partial charge in [-0.3, -0.25) is 14.5 Å². The Morgan fingerprint density at radius 3 is 3.07 bits per heavy atom. The number of carbonyl (C=O) groups excluding carboxylic acids is 2. The van der Waals surface area contributed by atoms with E-state index in [0.29, 0.717) is 23.6 Å². The number of carbonyl (C=O) groups is 2. The second kappa shape index (κ2) is 8.31. The largest absolute Gasteiger partial charge is 0.487 e. The molecule has 0 aliphatic carbocycles. The van der Waals surface area contributed by atoms with Crippen LogP contribution in [0.15, 0.2) is 48.8 Å². The average molecular weight is 419 g/mol. The fourth-order valence-corrected chi connectivity index (χ4v) is 3.95. The number of benzene rings is 1. The third kappa shape index (κ3) is 3.99. The van der Waals surface area contributed by atoms with Gasteiger partial charge in [0.05, 0.1) is 11.6 Å². The van der Waals surface area contributed by atoms with Gasteiger partial charge in [0.25, 0.3) is 11.8 Å². The molecule has 0 spiro atoms. The van der Waals surface area contributed by atoms with E-state index < -0.39 is 11.9 Å². The number of amides is 2. The SMILES string of the molecule is CN1C(=O)[C@@H](NC(=O)c2ncc(Cc3cccc(C#N)c3)s2)COc2cccnc21. The molecule has 9 heteroatoms. The van der Waals surface area contributed by atoms with E-state index in [9.17, 15) is 9.59 Å². The van der Waals surface area contributed by atoms with Crippen LogP contribution < -0.4 is 15.0 Å². The van der Waals surface area contributed by atoms with Crippen LogP contribution in [0.1, 0.15) is 25.8 Å². The van der Waals surface area contributed by atoms with Gasteiger partial charge >= 0.3 is 0 Å². The zero-order chi connectivity index (χ0) is 21.1. The lowest BCUT2D eigenvalue weighted by Crippen LogP contribution is -2.49. The summed E-state index contributed by atoms with van der Waals surface area (Å²) >= 11 is 1.25. The standard InChI is InChI=1S/C21H17N5O3S/c1-26-18-17(6-3-7-23-18)29-12-16(21(26)28)25-19(27)20-24-11-15(30-20)9-13-4-2-5-14(8-13)10-22/h2-8,11,16H,9,12H2,1H3,(H,25,27)/t16-/m0/s1. The van der Waals surface area contributed by atoms with Crippen molar-refractivity contribution in [1.82, 2.24) is 15.3 Å². The molecule has 1 aliphatic rings. The number of hydrogen-bond donors (Lipinski definition) is 1. The van der Waals surface area contributed by atoms with Gasteiger partial charge in [-0.1, -0.05) is 12.1 Å². The first-order chi connectivity index (χ1) is 14.5. The Kier molecular flexibility index (Phi) is 5.41. The van der Waals surface area contributed by atoms with Crippen molar-refractivity contribution < 1.29 is 14.3 Å². The van der Waals surface area contributed by atoms with Crippen molar-refractivity contribution in [3.05, 3.63) is 69.8 Å². The van der Waals surface area contributed by atoms with Gasteiger partial charge in [-0.25, -0.2) is 9.97 Å². The van der Waals surface area contributed by atoms with Gasteiger partial charge in [-0.2, -0.15) is 5.26 Å². The summed E-state index contributed by atoms with van der Waals surface area (Å²) in [7, 11) is 1.60. The number of pyridine rings is 1. The lowest BCUT2D eigenvalue weighted by Gasteiger charge is -2.19. The Labute approximate surface area is 176 Å². The maximum atomic E-state index is 12.7. The number of fused-ring (bicyclic) bond motifs is 1. The van der Waals surface area contributed by atoms with Crippen LogP contribution in [0.4, 0.5) is 5.82 Å². The fraction of sp³-hybridized carbons (Fsp3) is 0.190. The zero-order valence-corrected chi connectivity index (χ0v) is 16.8. The first-order valence-corrected chi connectivity index (χ1v) is 9.97. The lowest BCUT2D eigenvalue weighted by atomic mass is 10.1. The highest BCUT2D eigenvalue weighted by atomic mass is 32.1. The van der Waals surface area contributed by atoms with E-state index in [4.69, 9.17) is 10.00 Å². The van der Waals surface area contributed by atoms with Gasteiger partial charge in [-0.15, -0.1) is 11.3 Å². The third-order valence-corrected chi connectivity index (χ3v) is 5.59. The van der Waals surface area contributed by atoms with Crippen molar-refractivity contribution >= 4 is 29.0 Å². The first kappa shape index (κ1) is 19.5. The number of thiazole rings is 1. The van der Waals surface area contributed by atoms with Crippen LogP contribution in [0.25, 0.3) is 0 Å². The maximum Gasteiger partial charge on any atom is 0.281 e. The molecule has 0 saturated carbocycles. The van der Waals surface area contributed by atoms with Crippen molar-refractivity contribution in [2.45, 2.75) is 12.5 Å². The van der Waals surface area contributed by atoms with E-state index in [0.717, 1.165) is 10.4 Å². The second-order valence-electron chi connectivity index (χ2n) is 6.68. The van der Waals surface area contributed by atoms with E-state index in [1.165, 1.54) is 16.2 Å². The molecule has 150 valence electrons. The molecule has 2 amide bonds. The predicted octanol–water partition coefficient (Wildman–Crippen LogP) is 2.15. The van der Waals surface area contributed by atoms with Gasteiger partial charge in [0.15, 0.2) is 16.6 Å². The number of aromatic nitrogens is 2. The summed E-state index contributed by atoms with van der Waals surface area (Å²) in [5, 5.41) is 12.0. The minimum absolute atomic E-state index is 0.00674. The molecule has 0 radical (unpaired) electrons. The van der Waals surface area contributed by atoms with Crippen LogP contribution in [-0.4, -0.2) is 41.5 Å². The Balaban J connectivity index is 1.44. The van der Waals surface area contributed by atoms with Gasteiger partial charge in [0.1, 0.15) is 12.6 Å². The molecule has 1 N–H and O–H groups in total. The summed E-state index contributed by atoms with van der Waals surface area (Å²) in [5.41, 5.74) is 1.55. The lowest BCUT2D eigenvalue weighted by molar-refractivity contribution is -0.120. The monoisotopic (exact) mass is 419 g/mol. The molecule has 3 aromatic rings. The van der Waals surface area contributed by atoms with Crippen LogP contribution in [0.5, 0.6) is 5.75 Å². The Hall–Kier alpha value is -3.77. The Bertz CT molecular complexity index is 1150. The van der Waals surface area contributed by atoms with Crippen molar-refractivity contribution in [2.24, 2.45) is 0 Å². The van der Waals surface area contributed by atoms with Crippen LogP contribution in [0, 0.1) is 11.3 Å². The number of ether oxygens (including phenoxy) is 1. The molecule has 1 aromatic carbocycles. The summed E-state index contributed by atoms with van der Waals surface area (Å²) in [4.78, 5) is 36.0. The molecule has 1 aliphatic heterocycles. The predicted molar refractivity (Wildman–Crippen MR) is 110 cm³/mol. The van der Waals surface area contributed by atoms with Gasteiger partial charge in [0.2, 0.25) is 0 Å². The normalized spacial score (nSPS) is 15.5. The van der Waals surface area contributed by atoms with E-state index in [1.54, 1.807) is 37.6 Å². The Morgan fingerprint density at radius 1 is 1.37 bits per heavy atom. The summed E-state index contributed by atoms with van der Waals surface area (Å²) in [6, 6.07) is 12.0. The first-order valence-electron chi connectivity index (χ1n) is 9.15.